The molecule has 1 aliphatic rings. The van der Waals surface area contributed by atoms with Gasteiger partial charge in [0.05, 0.1) is 6.61 Å². The molecule has 140 valence electrons. The number of nitrogens with zero attached hydrogens (tertiary/aromatic N) is 2. The topological polar surface area (TPSA) is 32.8 Å². The first-order valence-electron chi connectivity index (χ1n) is 9.51. The molecule has 0 aliphatic carbocycles. The summed E-state index contributed by atoms with van der Waals surface area (Å²) < 4.78 is 5.22. The van der Waals surface area contributed by atoms with E-state index in [1.165, 1.54) is 5.56 Å². The van der Waals surface area contributed by atoms with E-state index in [1.807, 2.05) is 6.07 Å². The van der Waals surface area contributed by atoms with Gasteiger partial charge in [0.15, 0.2) is 0 Å². The van der Waals surface area contributed by atoms with E-state index >= 15 is 0 Å². The monoisotopic (exact) mass is 346 g/mol. The highest BCUT2D eigenvalue weighted by Gasteiger charge is 2.32. The molecule has 1 aromatic rings. The summed E-state index contributed by atoms with van der Waals surface area (Å²) in [5.74, 6) is 1.02. The second-order valence-electron chi connectivity index (χ2n) is 7.69. The van der Waals surface area contributed by atoms with Crippen LogP contribution >= 0.6 is 0 Å². The molecule has 0 spiro atoms. The van der Waals surface area contributed by atoms with E-state index in [0.29, 0.717) is 24.4 Å². The fourth-order valence-electron chi connectivity index (χ4n) is 3.95. The van der Waals surface area contributed by atoms with Gasteiger partial charge in [-0.05, 0) is 31.2 Å². The molecular formula is C21H34N2O2. The Hall–Kier alpha value is -1.39. The van der Waals surface area contributed by atoms with Gasteiger partial charge in [-0.2, -0.15) is 0 Å². The Bertz CT molecular complexity index is 520. The normalized spacial score (nSPS) is 23.0. The molecule has 3 unspecified atom stereocenters. The first-order valence-corrected chi connectivity index (χ1v) is 9.51. The number of methoxy groups -OCH3 is 1. The van der Waals surface area contributed by atoms with Gasteiger partial charge in [0.2, 0.25) is 5.91 Å². The summed E-state index contributed by atoms with van der Waals surface area (Å²) >= 11 is 0. The lowest BCUT2D eigenvalue weighted by Crippen LogP contribution is -2.58. The number of carbonyl (C=O) groups excluding carboxylic acids is 1. The molecule has 3 atom stereocenters. The van der Waals surface area contributed by atoms with Crippen molar-refractivity contribution in [2.75, 3.05) is 33.4 Å². The van der Waals surface area contributed by atoms with Crippen LogP contribution in [0.25, 0.3) is 0 Å². The average molecular weight is 347 g/mol. The summed E-state index contributed by atoms with van der Waals surface area (Å²) in [4.78, 5) is 17.5. The highest BCUT2D eigenvalue weighted by Crippen LogP contribution is 2.29. The van der Waals surface area contributed by atoms with E-state index in [9.17, 15) is 4.79 Å². The van der Waals surface area contributed by atoms with E-state index in [1.54, 1.807) is 7.11 Å². The third-order valence-electron chi connectivity index (χ3n) is 5.43. The van der Waals surface area contributed by atoms with Crippen molar-refractivity contribution in [1.29, 1.82) is 0 Å². The second kappa shape index (κ2) is 9.35. The lowest BCUT2D eigenvalue weighted by atomic mass is 9.85. The summed E-state index contributed by atoms with van der Waals surface area (Å²) in [6, 6.07) is 11.2. The Balaban J connectivity index is 2.00. The molecule has 4 heteroatoms. The van der Waals surface area contributed by atoms with Crippen LogP contribution in [-0.4, -0.2) is 61.1 Å². The van der Waals surface area contributed by atoms with Crippen LogP contribution in [0.2, 0.25) is 0 Å². The molecule has 2 rings (SSSR count). The third kappa shape index (κ3) is 5.29. The number of carbonyl (C=O) groups is 1. The minimum atomic E-state index is 0.283. The predicted molar refractivity (Wildman–Crippen MR) is 103 cm³/mol. The fraction of sp³-hybridized carbons (Fsp3) is 0.667. The van der Waals surface area contributed by atoms with E-state index in [2.05, 4.69) is 61.8 Å². The summed E-state index contributed by atoms with van der Waals surface area (Å²) in [6.07, 6.45) is 0.596. The molecule has 4 nitrogen and oxygen atoms in total. The summed E-state index contributed by atoms with van der Waals surface area (Å²) in [5.41, 5.74) is 1.27. The molecule has 0 bridgehead atoms. The van der Waals surface area contributed by atoms with Crippen LogP contribution in [0.1, 0.15) is 45.6 Å². The van der Waals surface area contributed by atoms with Crippen molar-refractivity contribution >= 4 is 5.91 Å². The third-order valence-corrected chi connectivity index (χ3v) is 5.43. The van der Waals surface area contributed by atoms with Crippen molar-refractivity contribution in [2.24, 2.45) is 5.92 Å². The molecule has 1 fully saturated rings. The Kier molecular flexibility index (Phi) is 7.45. The maximum absolute atomic E-state index is 13.0. The van der Waals surface area contributed by atoms with Crippen LogP contribution in [0.15, 0.2) is 30.3 Å². The van der Waals surface area contributed by atoms with Crippen molar-refractivity contribution in [3.8, 4) is 0 Å². The molecule has 1 saturated heterocycles. The maximum Gasteiger partial charge on any atom is 0.223 e. The minimum absolute atomic E-state index is 0.283. The molecule has 0 saturated carbocycles. The molecule has 0 aromatic heterocycles. The molecule has 25 heavy (non-hydrogen) atoms. The van der Waals surface area contributed by atoms with Gasteiger partial charge in [0.1, 0.15) is 0 Å². The maximum atomic E-state index is 13.0. The zero-order chi connectivity index (χ0) is 18.4. The lowest BCUT2D eigenvalue weighted by molar-refractivity contribution is -0.136. The van der Waals surface area contributed by atoms with Crippen LogP contribution in [0.3, 0.4) is 0 Å². The second-order valence-corrected chi connectivity index (χ2v) is 7.69. The highest BCUT2D eigenvalue weighted by molar-refractivity contribution is 5.77. The largest absolute Gasteiger partial charge is 0.383 e. The summed E-state index contributed by atoms with van der Waals surface area (Å²) in [6.45, 7) is 12.1. The predicted octanol–water partition coefficient (Wildman–Crippen LogP) is 3.38. The number of hydrogen-bond donors (Lipinski definition) is 0. The number of rotatable bonds is 7. The van der Waals surface area contributed by atoms with Crippen molar-refractivity contribution in [3.05, 3.63) is 35.9 Å². The van der Waals surface area contributed by atoms with Crippen molar-refractivity contribution in [2.45, 2.75) is 52.1 Å². The van der Waals surface area contributed by atoms with Crippen molar-refractivity contribution < 1.29 is 9.53 Å². The van der Waals surface area contributed by atoms with Gasteiger partial charge in [-0.25, -0.2) is 0 Å². The number of amides is 1. The Labute approximate surface area is 153 Å². The van der Waals surface area contributed by atoms with Gasteiger partial charge in [-0.3, -0.25) is 9.69 Å². The Morgan fingerprint density at radius 2 is 1.76 bits per heavy atom. The van der Waals surface area contributed by atoms with Crippen molar-refractivity contribution in [1.82, 2.24) is 9.80 Å². The summed E-state index contributed by atoms with van der Waals surface area (Å²) in [5, 5.41) is 0. The molecule has 1 aliphatic heterocycles. The first-order chi connectivity index (χ1) is 11.9. The highest BCUT2D eigenvalue weighted by atomic mass is 16.5. The van der Waals surface area contributed by atoms with Gasteiger partial charge < -0.3 is 9.64 Å². The van der Waals surface area contributed by atoms with E-state index in [0.717, 1.165) is 26.2 Å². The Morgan fingerprint density at radius 3 is 2.28 bits per heavy atom. The van der Waals surface area contributed by atoms with Gasteiger partial charge in [0.25, 0.3) is 0 Å². The number of piperazine rings is 1. The van der Waals surface area contributed by atoms with Gasteiger partial charge in [0, 0.05) is 45.2 Å². The van der Waals surface area contributed by atoms with E-state index < -0.39 is 0 Å². The van der Waals surface area contributed by atoms with Gasteiger partial charge in [-0.1, -0.05) is 44.2 Å². The molecule has 0 N–H and O–H groups in total. The molecule has 0 radical (unpaired) electrons. The van der Waals surface area contributed by atoms with Crippen LogP contribution < -0.4 is 0 Å². The minimum Gasteiger partial charge on any atom is -0.383 e. The van der Waals surface area contributed by atoms with Crippen molar-refractivity contribution in [3.63, 3.8) is 0 Å². The lowest BCUT2D eigenvalue weighted by Gasteiger charge is -2.44. The van der Waals surface area contributed by atoms with Crippen LogP contribution in [0.5, 0.6) is 0 Å². The fourth-order valence-corrected chi connectivity index (χ4v) is 3.95. The standard InChI is InChI=1S/C21H34N2O2/c1-16(2)20(19-9-7-6-8-10-19)13-21(24)22-14-17(3)23(11-12-25-5)18(4)15-22/h6-10,16-18,20H,11-15H2,1-5H3. The van der Waals surface area contributed by atoms with Crippen LogP contribution in [0, 0.1) is 5.92 Å². The molecular weight excluding hydrogens is 312 g/mol. The first kappa shape index (κ1) is 19.9. The molecule has 1 amide bonds. The Morgan fingerprint density at radius 1 is 1.16 bits per heavy atom. The zero-order valence-corrected chi connectivity index (χ0v) is 16.4. The average Bonchev–Trinajstić information content (AvgIpc) is 2.59. The molecule has 1 aromatic carbocycles. The van der Waals surface area contributed by atoms with Gasteiger partial charge >= 0.3 is 0 Å². The zero-order valence-electron chi connectivity index (χ0n) is 16.4. The van der Waals surface area contributed by atoms with Crippen LogP contribution in [-0.2, 0) is 9.53 Å². The number of hydrogen-bond acceptors (Lipinski definition) is 3. The SMILES string of the molecule is COCCN1C(C)CN(C(=O)CC(c2ccccc2)C(C)C)CC1C. The summed E-state index contributed by atoms with van der Waals surface area (Å²) in [7, 11) is 1.74. The quantitative estimate of drug-likeness (QED) is 0.759. The van der Waals surface area contributed by atoms with E-state index in [-0.39, 0.29) is 11.8 Å². The van der Waals surface area contributed by atoms with Gasteiger partial charge in [-0.15, -0.1) is 0 Å². The number of benzene rings is 1. The smallest absolute Gasteiger partial charge is 0.223 e. The van der Waals surface area contributed by atoms with Crippen LogP contribution in [0.4, 0.5) is 0 Å². The molecule has 1 heterocycles. The van der Waals surface area contributed by atoms with E-state index in [4.69, 9.17) is 4.74 Å². The number of ether oxygens (including phenoxy) is 1.